The number of amides is 1. The van der Waals surface area contributed by atoms with E-state index >= 15 is 0 Å². The molecular weight excluding hydrogens is 375 g/mol. The molecule has 0 radical (unpaired) electrons. The number of carbonyl (C=O) groups excluding carboxylic acids is 1. The average molecular weight is 399 g/mol. The number of aryl methyl sites for hydroxylation is 2. The van der Waals surface area contributed by atoms with Crippen molar-refractivity contribution in [2.45, 2.75) is 39.2 Å². The number of rotatable bonds is 5. The van der Waals surface area contributed by atoms with Gasteiger partial charge in [-0.3, -0.25) is 9.69 Å². The van der Waals surface area contributed by atoms with E-state index in [1.807, 2.05) is 6.92 Å². The van der Waals surface area contributed by atoms with E-state index in [0.29, 0.717) is 11.7 Å². The van der Waals surface area contributed by atoms with Crippen LogP contribution in [0.2, 0.25) is 0 Å². The van der Waals surface area contributed by atoms with Crippen LogP contribution in [-0.2, 0) is 16.0 Å². The number of anilines is 1. The van der Waals surface area contributed by atoms with Gasteiger partial charge in [0.05, 0.1) is 29.3 Å². The number of hydrogen-bond donors (Lipinski definition) is 0. The third-order valence-corrected chi connectivity index (χ3v) is 6.05. The summed E-state index contributed by atoms with van der Waals surface area (Å²) in [6.45, 7) is 5.35. The summed E-state index contributed by atoms with van der Waals surface area (Å²) in [4.78, 5) is 19.7. The van der Waals surface area contributed by atoms with Crippen LogP contribution >= 0.6 is 11.3 Å². The normalized spacial score (nSPS) is 16.6. The third kappa shape index (κ3) is 4.08. The minimum atomic E-state index is -0.301. The van der Waals surface area contributed by atoms with E-state index in [1.165, 1.54) is 29.0 Å². The molecule has 2 heterocycles. The van der Waals surface area contributed by atoms with E-state index in [4.69, 9.17) is 9.72 Å². The van der Waals surface area contributed by atoms with Crippen LogP contribution in [0.25, 0.3) is 10.2 Å². The number of fused-ring (bicyclic) bond motifs is 1. The molecule has 1 unspecified atom stereocenters. The second-order valence-corrected chi connectivity index (χ2v) is 8.38. The number of aromatic nitrogens is 1. The number of nitrogens with zero attached hydrogens (tertiary/aromatic N) is 2. The van der Waals surface area contributed by atoms with Crippen molar-refractivity contribution >= 4 is 32.6 Å². The molecule has 6 heteroatoms. The van der Waals surface area contributed by atoms with Gasteiger partial charge >= 0.3 is 0 Å². The fourth-order valence-corrected chi connectivity index (χ4v) is 4.79. The van der Waals surface area contributed by atoms with E-state index in [1.54, 1.807) is 17.0 Å². The average Bonchev–Trinajstić information content (AvgIpc) is 3.31. The van der Waals surface area contributed by atoms with E-state index in [2.05, 4.69) is 19.1 Å². The third-order valence-electron chi connectivity index (χ3n) is 5.03. The second-order valence-electron chi connectivity index (χ2n) is 7.37. The highest BCUT2D eigenvalue weighted by molar-refractivity contribution is 7.22. The summed E-state index contributed by atoms with van der Waals surface area (Å²) in [6.07, 6.45) is 2.21. The van der Waals surface area contributed by atoms with Crippen LogP contribution in [0.3, 0.4) is 0 Å². The fraction of sp³-hybridized carbons (Fsp3) is 0.364. The Morgan fingerprint density at radius 3 is 2.79 bits per heavy atom. The number of ether oxygens (including phenoxy) is 1. The van der Waals surface area contributed by atoms with E-state index in [-0.39, 0.29) is 24.2 Å². The lowest BCUT2D eigenvalue weighted by Gasteiger charge is -2.23. The molecule has 1 aliphatic rings. The summed E-state index contributed by atoms with van der Waals surface area (Å²) in [7, 11) is 0. The molecule has 1 aromatic heterocycles. The van der Waals surface area contributed by atoms with Crippen molar-refractivity contribution in [2.24, 2.45) is 0 Å². The second kappa shape index (κ2) is 7.97. The molecule has 1 atom stereocenters. The Labute approximate surface area is 168 Å². The molecule has 3 aromatic rings. The molecule has 0 saturated carbocycles. The first-order valence-corrected chi connectivity index (χ1v) is 10.4. The smallest absolute Gasteiger partial charge is 0.233 e. The van der Waals surface area contributed by atoms with Gasteiger partial charge in [-0.05, 0) is 61.6 Å². The van der Waals surface area contributed by atoms with E-state index < -0.39 is 0 Å². The van der Waals surface area contributed by atoms with Crippen LogP contribution in [0.15, 0.2) is 36.4 Å². The van der Waals surface area contributed by atoms with Crippen molar-refractivity contribution in [1.29, 1.82) is 0 Å². The van der Waals surface area contributed by atoms with Gasteiger partial charge in [-0.1, -0.05) is 29.5 Å². The highest BCUT2D eigenvalue weighted by atomic mass is 32.1. The van der Waals surface area contributed by atoms with Gasteiger partial charge in [0, 0.05) is 6.61 Å². The minimum Gasteiger partial charge on any atom is -0.376 e. The first-order valence-electron chi connectivity index (χ1n) is 9.54. The maximum atomic E-state index is 13.2. The number of carbonyl (C=O) groups is 1. The molecule has 0 N–H and O–H groups in total. The number of hydrogen-bond acceptors (Lipinski definition) is 4. The van der Waals surface area contributed by atoms with Crippen molar-refractivity contribution in [1.82, 2.24) is 4.98 Å². The Balaban J connectivity index is 1.65. The predicted molar refractivity (Wildman–Crippen MR) is 111 cm³/mol. The zero-order valence-electron chi connectivity index (χ0n) is 16.1. The van der Waals surface area contributed by atoms with Gasteiger partial charge < -0.3 is 4.74 Å². The lowest BCUT2D eigenvalue weighted by molar-refractivity contribution is -0.118. The van der Waals surface area contributed by atoms with Gasteiger partial charge in [0.1, 0.15) is 5.82 Å². The Kier molecular flexibility index (Phi) is 5.42. The SMILES string of the molecule is Cc1cc(C)c2nc(N(CC3CCCO3)C(=O)Cc3ccc(F)cc3)sc2c1. The maximum Gasteiger partial charge on any atom is 0.233 e. The van der Waals surface area contributed by atoms with E-state index in [9.17, 15) is 9.18 Å². The molecule has 1 aliphatic heterocycles. The maximum absolute atomic E-state index is 13.2. The van der Waals surface area contributed by atoms with Crippen molar-refractivity contribution < 1.29 is 13.9 Å². The predicted octanol–water partition coefficient (Wildman–Crippen LogP) is 4.81. The summed E-state index contributed by atoms with van der Waals surface area (Å²) >= 11 is 1.54. The standard InChI is InChI=1S/C22H23FN2O2S/c1-14-10-15(2)21-19(11-14)28-22(24-21)25(13-18-4-3-9-27-18)20(26)12-16-5-7-17(23)8-6-16/h5-8,10-11,18H,3-4,9,12-13H2,1-2H3. The van der Waals surface area contributed by atoms with Gasteiger partial charge in [0.2, 0.25) is 5.91 Å². The fourth-order valence-electron chi connectivity index (χ4n) is 3.63. The summed E-state index contributed by atoms with van der Waals surface area (Å²) in [5.41, 5.74) is 4.03. The lowest BCUT2D eigenvalue weighted by Crippen LogP contribution is -2.38. The Hall–Kier alpha value is -2.31. The molecule has 1 amide bonds. The van der Waals surface area contributed by atoms with Gasteiger partial charge in [0.15, 0.2) is 5.13 Å². The van der Waals surface area contributed by atoms with E-state index in [0.717, 1.165) is 40.8 Å². The summed E-state index contributed by atoms with van der Waals surface area (Å²) < 4.78 is 20.0. The lowest BCUT2D eigenvalue weighted by atomic mass is 10.1. The number of halogens is 1. The molecule has 146 valence electrons. The van der Waals surface area contributed by atoms with Gasteiger partial charge in [-0.15, -0.1) is 0 Å². The summed E-state index contributed by atoms with van der Waals surface area (Å²) in [6, 6.07) is 10.3. The first kappa shape index (κ1) is 19.0. The highest BCUT2D eigenvalue weighted by Gasteiger charge is 2.26. The van der Waals surface area contributed by atoms with Crippen molar-refractivity contribution in [3.8, 4) is 0 Å². The van der Waals surface area contributed by atoms with Crippen LogP contribution in [0.4, 0.5) is 9.52 Å². The van der Waals surface area contributed by atoms with Crippen LogP contribution in [0, 0.1) is 19.7 Å². The molecule has 1 saturated heterocycles. The molecule has 4 nitrogen and oxygen atoms in total. The zero-order valence-corrected chi connectivity index (χ0v) is 16.9. The van der Waals surface area contributed by atoms with Crippen LogP contribution in [0.1, 0.15) is 29.5 Å². The quantitative estimate of drug-likeness (QED) is 0.620. The highest BCUT2D eigenvalue weighted by Crippen LogP contribution is 2.32. The van der Waals surface area contributed by atoms with Crippen LogP contribution in [0.5, 0.6) is 0 Å². The minimum absolute atomic E-state index is 0.0343. The topological polar surface area (TPSA) is 42.4 Å². The molecule has 1 fully saturated rings. The number of thiazole rings is 1. The molecule has 0 spiro atoms. The van der Waals surface area contributed by atoms with Crippen LogP contribution < -0.4 is 4.90 Å². The Morgan fingerprint density at radius 2 is 2.07 bits per heavy atom. The van der Waals surface area contributed by atoms with Crippen molar-refractivity contribution in [3.05, 3.63) is 58.9 Å². The van der Waals surface area contributed by atoms with Crippen molar-refractivity contribution in [2.75, 3.05) is 18.1 Å². The zero-order chi connectivity index (χ0) is 19.7. The molecule has 4 rings (SSSR count). The molecule has 2 aromatic carbocycles. The van der Waals surface area contributed by atoms with Gasteiger partial charge in [0.25, 0.3) is 0 Å². The molecule has 0 aliphatic carbocycles. The first-order chi connectivity index (χ1) is 13.5. The van der Waals surface area contributed by atoms with Gasteiger partial charge in [-0.2, -0.15) is 0 Å². The Morgan fingerprint density at radius 1 is 1.29 bits per heavy atom. The van der Waals surface area contributed by atoms with Crippen molar-refractivity contribution in [3.63, 3.8) is 0 Å². The monoisotopic (exact) mass is 398 g/mol. The van der Waals surface area contributed by atoms with Gasteiger partial charge in [-0.25, -0.2) is 9.37 Å². The largest absolute Gasteiger partial charge is 0.376 e. The Bertz CT molecular complexity index is 994. The molecule has 28 heavy (non-hydrogen) atoms. The summed E-state index contributed by atoms with van der Waals surface area (Å²) in [5, 5.41) is 0.700. The molecular formula is C22H23FN2O2S. The van der Waals surface area contributed by atoms with Crippen LogP contribution in [-0.4, -0.2) is 30.1 Å². The number of benzene rings is 2. The molecule has 0 bridgehead atoms. The summed E-state index contributed by atoms with van der Waals surface area (Å²) in [5.74, 6) is -0.347.